The Hall–Kier alpha value is -1.77. The van der Waals surface area contributed by atoms with Gasteiger partial charge in [0.05, 0.1) is 11.8 Å². The minimum Gasteiger partial charge on any atom is -0.388 e. The highest BCUT2D eigenvalue weighted by atomic mass is 32.1. The molecule has 8 heteroatoms. The summed E-state index contributed by atoms with van der Waals surface area (Å²) >= 11 is 1.40. The molecule has 1 fully saturated rings. The van der Waals surface area contributed by atoms with Crippen LogP contribution < -0.4 is 5.32 Å². The van der Waals surface area contributed by atoms with E-state index in [2.05, 4.69) is 15.4 Å². The molecule has 1 amide bonds. The van der Waals surface area contributed by atoms with Gasteiger partial charge in [0.1, 0.15) is 10.7 Å². The maximum absolute atomic E-state index is 12.1. The second-order valence-electron chi connectivity index (χ2n) is 5.46. The first-order valence-electron chi connectivity index (χ1n) is 7.09. The number of amides is 1. The monoisotopic (exact) mass is 322 g/mol. The number of aliphatic hydroxyl groups is 1. The molecule has 0 atom stereocenters. The van der Waals surface area contributed by atoms with Gasteiger partial charge < -0.3 is 15.2 Å². The third kappa shape index (κ3) is 3.34. The number of thiazole rings is 1. The zero-order valence-electron chi connectivity index (χ0n) is 12.3. The topological polar surface area (TPSA) is 89.3 Å². The van der Waals surface area contributed by atoms with Crippen LogP contribution >= 0.6 is 11.3 Å². The fraction of sp³-hybridized carbons (Fsp3) is 0.500. The smallest absolute Gasteiger partial charge is 0.270 e. The molecule has 7 nitrogen and oxygen atoms in total. The van der Waals surface area contributed by atoms with E-state index in [1.165, 1.54) is 11.3 Å². The van der Waals surface area contributed by atoms with Crippen molar-refractivity contribution >= 4 is 17.2 Å². The van der Waals surface area contributed by atoms with Crippen LogP contribution in [0.3, 0.4) is 0 Å². The maximum atomic E-state index is 12.1. The Bertz CT molecular complexity index is 661. The van der Waals surface area contributed by atoms with Gasteiger partial charge in [-0.05, 0) is 0 Å². The summed E-state index contributed by atoms with van der Waals surface area (Å²) in [5.74, 6) is -0.272. The van der Waals surface area contributed by atoms with Crippen molar-refractivity contribution in [3.63, 3.8) is 0 Å². The van der Waals surface area contributed by atoms with Crippen LogP contribution in [0.5, 0.6) is 0 Å². The first-order valence-corrected chi connectivity index (χ1v) is 7.97. The lowest BCUT2D eigenvalue weighted by Gasteiger charge is -2.31. The number of ether oxygens (including phenoxy) is 1. The first kappa shape index (κ1) is 15.1. The average Bonchev–Trinajstić information content (AvgIpc) is 3.14. The third-order valence-corrected chi connectivity index (χ3v) is 4.58. The number of aryl methyl sites for hydroxylation is 1. The molecule has 3 heterocycles. The Morgan fingerprint density at radius 2 is 2.32 bits per heavy atom. The van der Waals surface area contributed by atoms with E-state index in [0.717, 1.165) is 10.6 Å². The molecule has 2 N–H and O–H groups in total. The van der Waals surface area contributed by atoms with E-state index in [4.69, 9.17) is 4.74 Å². The summed E-state index contributed by atoms with van der Waals surface area (Å²) in [4.78, 5) is 16.5. The normalized spacial score (nSPS) is 17.4. The summed E-state index contributed by atoms with van der Waals surface area (Å²) in [7, 11) is 1.83. The second kappa shape index (κ2) is 6.15. The van der Waals surface area contributed by atoms with Crippen molar-refractivity contribution < 1.29 is 14.6 Å². The van der Waals surface area contributed by atoms with Gasteiger partial charge in [-0.3, -0.25) is 9.48 Å². The summed E-state index contributed by atoms with van der Waals surface area (Å²) in [6.07, 6.45) is 4.63. The quantitative estimate of drug-likeness (QED) is 0.870. The molecule has 1 saturated heterocycles. The Morgan fingerprint density at radius 1 is 1.55 bits per heavy atom. The number of carbonyl (C=O) groups is 1. The highest BCUT2D eigenvalue weighted by Gasteiger charge is 2.30. The van der Waals surface area contributed by atoms with Crippen molar-refractivity contribution in [1.82, 2.24) is 20.1 Å². The molecule has 0 saturated carbocycles. The van der Waals surface area contributed by atoms with Gasteiger partial charge in [0.2, 0.25) is 0 Å². The summed E-state index contributed by atoms with van der Waals surface area (Å²) in [5, 5.41) is 19.6. The largest absolute Gasteiger partial charge is 0.388 e. The van der Waals surface area contributed by atoms with Gasteiger partial charge in [-0.2, -0.15) is 5.10 Å². The van der Waals surface area contributed by atoms with Gasteiger partial charge in [0, 0.05) is 56.8 Å². The Balaban J connectivity index is 1.62. The molecule has 1 aliphatic heterocycles. The fourth-order valence-corrected chi connectivity index (χ4v) is 3.08. The van der Waals surface area contributed by atoms with E-state index in [9.17, 15) is 9.90 Å². The van der Waals surface area contributed by atoms with Gasteiger partial charge >= 0.3 is 0 Å². The van der Waals surface area contributed by atoms with Crippen molar-refractivity contribution in [2.45, 2.75) is 18.4 Å². The van der Waals surface area contributed by atoms with E-state index in [-0.39, 0.29) is 12.5 Å². The molecule has 0 aliphatic carbocycles. The molecule has 0 bridgehead atoms. The number of nitrogens with one attached hydrogen (secondary N) is 1. The zero-order chi connectivity index (χ0) is 15.6. The van der Waals surface area contributed by atoms with Crippen LogP contribution in [-0.4, -0.2) is 51.1 Å². The van der Waals surface area contributed by atoms with Crippen LogP contribution in [0.4, 0.5) is 0 Å². The Kier molecular flexibility index (Phi) is 4.23. The minimum absolute atomic E-state index is 0.217. The van der Waals surface area contributed by atoms with E-state index >= 15 is 0 Å². The van der Waals surface area contributed by atoms with Crippen LogP contribution in [-0.2, 0) is 11.8 Å². The lowest BCUT2D eigenvalue weighted by Crippen LogP contribution is -2.46. The number of aromatic nitrogens is 3. The second-order valence-corrected chi connectivity index (χ2v) is 6.32. The molecule has 0 spiro atoms. The van der Waals surface area contributed by atoms with Crippen LogP contribution in [0.1, 0.15) is 23.3 Å². The van der Waals surface area contributed by atoms with Gasteiger partial charge in [0.15, 0.2) is 0 Å². The molecule has 22 heavy (non-hydrogen) atoms. The Labute approximate surface area is 131 Å². The molecule has 3 rings (SSSR count). The predicted molar refractivity (Wildman–Crippen MR) is 81.7 cm³/mol. The van der Waals surface area contributed by atoms with Gasteiger partial charge in [-0.1, -0.05) is 0 Å². The van der Waals surface area contributed by atoms with E-state index in [1.54, 1.807) is 16.3 Å². The predicted octanol–water partition coefficient (Wildman–Crippen LogP) is 0.815. The molecule has 0 aromatic carbocycles. The van der Waals surface area contributed by atoms with E-state index < -0.39 is 5.60 Å². The van der Waals surface area contributed by atoms with Gasteiger partial charge in [-0.15, -0.1) is 11.3 Å². The van der Waals surface area contributed by atoms with Crippen molar-refractivity contribution in [3.8, 4) is 10.6 Å². The molecular formula is C14H18N4O3S. The van der Waals surface area contributed by atoms with Crippen molar-refractivity contribution in [2.75, 3.05) is 19.8 Å². The molecule has 0 unspecified atom stereocenters. The summed E-state index contributed by atoms with van der Waals surface area (Å²) in [6.45, 7) is 1.26. The molecule has 2 aromatic heterocycles. The standard InChI is InChI=1S/C14H18N4O3S/c1-18-7-10(6-16-18)13-17-11(8-22-13)12(19)15-9-14(20)2-4-21-5-3-14/h6-8,20H,2-5,9H2,1H3,(H,15,19). The Morgan fingerprint density at radius 3 is 3.00 bits per heavy atom. The maximum Gasteiger partial charge on any atom is 0.270 e. The number of rotatable bonds is 4. The first-order chi connectivity index (χ1) is 10.6. The highest BCUT2D eigenvalue weighted by Crippen LogP contribution is 2.23. The number of carbonyl (C=O) groups excluding carboxylic acids is 1. The minimum atomic E-state index is -0.879. The number of hydrogen-bond donors (Lipinski definition) is 2. The van der Waals surface area contributed by atoms with Gasteiger partial charge in [0.25, 0.3) is 5.91 Å². The van der Waals surface area contributed by atoms with Crippen LogP contribution in [0, 0.1) is 0 Å². The third-order valence-electron chi connectivity index (χ3n) is 3.69. The van der Waals surface area contributed by atoms with Crippen LogP contribution in [0.2, 0.25) is 0 Å². The fourth-order valence-electron chi connectivity index (χ4n) is 2.31. The summed E-state index contributed by atoms with van der Waals surface area (Å²) < 4.78 is 6.91. The summed E-state index contributed by atoms with van der Waals surface area (Å²) in [6, 6.07) is 0. The SMILES string of the molecule is Cn1cc(-c2nc(C(=O)NCC3(O)CCOCC3)cs2)cn1. The molecule has 1 aliphatic rings. The van der Waals surface area contributed by atoms with E-state index in [0.29, 0.717) is 31.7 Å². The van der Waals surface area contributed by atoms with E-state index in [1.807, 2.05) is 13.2 Å². The van der Waals surface area contributed by atoms with Crippen molar-refractivity contribution in [2.24, 2.45) is 7.05 Å². The highest BCUT2D eigenvalue weighted by molar-refractivity contribution is 7.13. The number of nitrogens with zero attached hydrogens (tertiary/aromatic N) is 3. The van der Waals surface area contributed by atoms with Crippen molar-refractivity contribution in [3.05, 3.63) is 23.5 Å². The summed E-state index contributed by atoms with van der Waals surface area (Å²) in [5.41, 5.74) is 0.366. The molecule has 118 valence electrons. The van der Waals surface area contributed by atoms with Crippen LogP contribution in [0.25, 0.3) is 10.6 Å². The average molecular weight is 322 g/mol. The molecular weight excluding hydrogens is 304 g/mol. The van der Waals surface area contributed by atoms with Gasteiger partial charge in [-0.25, -0.2) is 4.98 Å². The lowest BCUT2D eigenvalue weighted by atomic mass is 9.94. The molecule has 0 radical (unpaired) electrons. The zero-order valence-corrected chi connectivity index (χ0v) is 13.1. The number of hydrogen-bond acceptors (Lipinski definition) is 6. The molecule has 2 aromatic rings. The van der Waals surface area contributed by atoms with Crippen molar-refractivity contribution in [1.29, 1.82) is 0 Å². The van der Waals surface area contributed by atoms with Crippen LogP contribution in [0.15, 0.2) is 17.8 Å². The lowest BCUT2D eigenvalue weighted by molar-refractivity contribution is -0.0605.